The third-order valence-corrected chi connectivity index (χ3v) is 6.59. The summed E-state index contributed by atoms with van der Waals surface area (Å²) in [4.78, 5) is 17.5. The Balaban J connectivity index is 1.30. The number of amides is 1. The van der Waals surface area contributed by atoms with Crippen molar-refractivity contribution in [1.29, 1.82) is 0 Å². The maximum atomic E-state index is 14.1. The second-order valence-electron chi connectivity index (χ2n) is 8.77. The number of anilines is 1. The molecule has 1 amide bonds. The second kappa shape index (κ2) is 9.38. The summed E-state index contributed by atoms with van der Waals surface area (Å²) in [5.41, 5.74) is 3.18. The first-order valence-corrected chi connectivity index (χ1v) is 11.5. The van der Waals surface area contributed by atoms with Crippen LogP contribution in [0.4, 0.5) is 14.5 Å². The first-order valence-electron chi connectivity index (χ1n) is 11.5. The summed E-state index contributed by atoms with van der Waals surface area (Å²) < 4.78 is 29.6. The van der Waals surface area contributed by atoms with Crippen molar-refractivity contribution in [3.05, 3.63) is 89.8 Å². The van der Waals surface area contributed by atoms with Crippen molar-refractivity contribution in [3.63, 3.8) is 0 Å². The fourth-order valence-corrected chi connectivity index (χ4v) is 4.73. The number of hydrazone groups is 1. The van der Waals surface area contributed by atoms with Crippen LogP contribution in [0.1, 0.15) is 23.7 Å². The molecule has 176 valence electrons. The number of piperazine rings is 1. The van der Waals surface area contributed by atoms with Crippen LogP contribution in [0.25, 0.3) is 0 Å². The monoisotopic (exact) mass is 463 g/mol. The molecular weight excluding hydrogens is 436 g/mol. The van der Waals surface area contributed by atoms with E-state index in [0.717, 1.165) is 17.0 Å². The number of rotatable bonds is 5. The largest absolute Gasteiger partial charge is 0.367 e. The summed E-state index contributed by atoms with van der Waals surface area (Å²) in [6.07, 6.45) is 2.52. The molecule has 2 aliphatic heterocycles. The SMILES string of the molecule is Cn1cccc1C1CC(c2ccc(F)cc2)=NN1C(=O)CN1CCN(c2ccccc2F)CC1. The Morgan fingerprint density at radius 1 is 0.971 bits per heavy atom. The molecule has 0 spiro atoms. The van der Waals surface area contributed by atoms with Crippen LogP contribution in [0, 0.1) is 11.6 Å². The molecule has 8 heteroatoms. The van der Waals surface area contributed by atoms with E-state index in [2.05, 4.69) is 10.0 Å². The number of hydrogen-bond donors (Lipinski definition) is 0. The number of halogens is 2. The molecule has 0 bridgehead atoms. The summed E-state index contributed by atoms with van der Waals surface area (Å²) in [7, 11) is 1.95. The van der Waals surface area contributed by atoms with Crippen LogP contribution in [0.2, 0.25) is 0 Å². The van der Waals surface area contributed by atoms with Crippen LogP contribution < -0.4 is 4.90 Å². The molecule has 0 radical (unpaired) electrons. The minimum atomic E-state index is -0.302. The predicted molar refractivity (Wildman–Crippen MR) is 128 cm³/mol. The van der Waals surface area contributed by atoms with Crippen molar-refractivity contribution in [3.8, 4) is 0 Å². The van der Waals surface area contributed by atoms with Crippen molar-refractivity contribution in [1.82, 2.24) is 14.5 Å². The zero-order valence-corrected chi connectivity index (χ0v) is 19.1. The molecule has 34 heavy (non-hydrogen) atoms. The topological polar surface area (TPSA) is 44.1 Å². The minimum absolute atomic E-state index is 0.0809. The Morgan fingerprint density at radius 3 is 2.38 bits per heavy atom. The number of nitrogens with zero attached hydrogens (tertiary/aromatic N) is 5. The summed E-state index contributed by atoms with van der Waals surface area (Å²) in [5, 5.41) is 6.26. The van der Waals surface area contributed by atoms with E-state index >= 15 is 0 Å². The molecule has 3 aromatic rings. The molecule has 1 unspecified atom stereocenters. The minimum Gasteiger partial charge on any atom is -0.367 e. The fraction of sp³-hybridized carbons (Fsp3) is 0.308. The zero-order chi connectivity index (χ0) is 23.7. The van der Waals surface area contributed by atoms with Gasteiger partial charge >= 0.3 is 0 Å². The van der Waals surface area contributed by atoms with Gasteiger partial charge in [0.1, 0.15) is 17.7 Å². The van der Waals surface area contributed by atoms with E-state index in [1.54, 1.807) is 29.3 Å². The molecule has 1 saturated heterocycles. The third-order valence-electron chi connectivity index (χ3n) is 6.59. The number of carbonyl (C=O) groups excluding carboxylic acids is 1. The average Bonchev–Trinajstić information content (AvgIpc) is 3.47. The summed E-state index contributed by atoms with van der Waals surface area (Å²) >= 11 is 0. The van der Waals surface area contributed by atoms with Gasteiger partial charge in [-0.2, -0.15) is 5.10 Å². The lowest BCUT2D eigenvalue weighted by molar-refractivity contribution is -0.134. The van der Waals surface area contributed by atoms with Gasteiger partial charge in [-0.3, -0.25) is 9.69 Å². The maximum absolute atomic E-state index is 14.1. The predicted octanol–water partition coefficient (Wildman–Crippen LogP) is 3.80. The summed E-state index contributed by atoms with van der Waals surface area (Å²) in [5.74, 6) is -0.608. The van der Waals surface area contributed by atoms with Crippen molar-refractivity contribution in [2.75, 3.05) is 37.6 Å². The van der Waals surface area contributed by atoms with Gasteiger partial charge in [-0.25, -0.2) is 13.8 Å². The van der Waals surface area contributed by atoms with Crippen LogP contribution in [0.5, 0.6) is 0 Å². The second-order valence-corrected chi connectivity index (χ2v) is 8.77. The highest BCUT2D eigenvalue weighted by Crippen LogP contribution is 2.33. The highest BCUT2D eigenvalue weighted by atomic mass is 19.1. The molecule has 1 atom stereocenters. The molecule has 0 aliphatic carbocycles. The molecule has 1 fully saturated rings. The zero-order valence-electron chi connectivity index (χ0n) is 19.1. The molecule has 6 nitrogen and oxygen atoms in total. The molecule has 0 saturated carbocycles. The van der Waals surface area contributed by atoms with E-state index in [4.69, 9.17) is 0 Å². The van der Waals surface area contributed by atoms with E-state index in [1.807, 2.05) is 40.9 Å². The quantitative estimate of drug-likeness (QED) is 0.578. The Bertz CT molecular complexity index is 1200. The number of aryl methyl sites for hydroxylation is 1. The van der Waals surface area contributed by atoms with Gasteiger partial charge in [0.2, 0.25) is 0 Å². The van der Waals surface area contributed by atoms with Crippen molar-refractivity contribution in [2.24, 2.45) is 12.1 Å². The van der Waals surface area contributed by atoms with Crippen LogP contribution >= 0.6 is 0 Å². The molecule has 2 aromatic carbocycles. The van der Waals surface area contributed by atoms with Gasteiger partial charge in [0, 0.05) is 51.5 Å². The van der Waals surface area contributed by atoms with Gasteiger partial charge in [0.25, 0.3) is 5.91 Å². The number of carbonyl (C=O) groups is 1. The molecule has 2 aliphatic rings. The van der Waals surface area contributed by atoms with Crippen molar-refractivity contribution >= 4 is 17.3 Å². The average molecular weight is 464 g/mol. The molecule has 1 aromatic heterocycles. The highest BCUT2D eigenvalue weighted by molar-refractivity contribution is 6.03. The van der Waals surface area contributed by atoms with Gasteiger partial charge in [0.05, 0.1) is 17.9 Å². The van der Waals surface area contributed by atoms with Gasteiger partial charge in [-0.1, -0.05) is 24.3 Å². The standard InChI is InChI=1S/C26H27F2N5O/c1-30-12-4-7-24(30)25-17-22(19-8-10-20(27)11-9-19)29-33(25)26(34)18-31-13-15-32(16-14-31)23-6-3-2-5-21(23)28/h2-12,25H,13-18H2,1H3. The van der Waals surface area contributed by atoms with Gasteiger partial charge in [0.15, 0.2) is 0 Å². The van der Waals surface area contributed by atoms with Crippen LogP contribution in [-0.2, 0) is 11.8 Å². The van der Waals surface area contributed by atoms with E-state index in [1.165, 1.54) is 18.2 Å². The normalized spacial score (nSPS) is 18.9. The number of hydrogen-bond acceptors (Lipinski definition) is 4. The van der Waals surface area contributed by atoms with E-state index in [-0.39, 0.29) is 30.1 Å². The molecule has 5 rings (SSSR count). The number of aromatic nitrogens is 1. The Morgan fingerprint density at radius 2 is 1.71 bits per heavy atom. The van der Waals surface area contributed by atoms with Crippen molar-refractivity contribution < 1.29 is 13.6 Å². The Labute approximate surface area is 197 Å². The van der Waals surface area contributed by atoms with Crippen LogP contribution in [0.15, 0.2) is 72.0 Å². The lowest BCUT2D eigenvalue weighted by atomic mass is 10.0. The molecule has 0 N–H and O–H groups in total. The van der Waals surface area contributed by atoms with Crippen LogP contribution in [0.3, 0.4) is 0 Å². The smallest absolute Gasteiger partial charge is 0.257 e. The fourth-order valence-electron chi connectivity index (χ4n) is 4.73. The molecule has 3 heterocycles. The number of benzene rings is 2. The summed E-state index contributed by atoms with van der Waals surface area (Å²) in [6, 6.07) is 16.7. The highest BCUT2D eigenvalue weighted by Gasteiger charge is 2.35. The first-order chi connectivity index (χ1) is 16.5. The third kappa shape index (κ3) is 4.46. The van der Waals surface area contributed by atoms with Crippen LogP contribution in [-0.4, -0.2) is 58.8 Å². The summed E-state index contributed by atoms with van der Waals surface area (Å²) in [6.45, 7) is 2.87. The lowest BCUT2D eigenvalue weighted by Gasteiger charge is -2.36. The van der Waals surface area contributed by atoms with Gasteiger partial charge < -0.3 is 9.47 Å². The van der Waals surface area contributed by atoms with Crippen molar-refractivity contribution in [2.45, 2.75) is 12.5 Å². The Kier molecular flexibility index (Phi) is 6.15. The van der Waals surface area contributed by atoms with E-state index in [0.29, 0.717) is 38.3 Å². The Hall–Kier alpha value is -3.52. The number of para-hydroxylation sites is 1. The maximum Gasteiger partial charge on any atom is 0.257 e. The van der Waals surface area contributed by atoms with Gasteiger partial charge in [-0.15, -0.1) is 0 Å². The first kappa shape index (κ1) is 22.3. The lowest BCUT2D eigenvalue weighted by Crippen LogP contribution is -2.49. The van der Waals surface area contributed by atoms with Gasteiger partial charge in [-0.05, 0) is 42.0 Å². The van der Waals surface area contributed by atoms with E-state index < -0.39 is 0 Å². The van der Waals surface area contributed by atoms with E-state index in [9.17, 15) is 13.6 Å². The molecular formula is C26H27F2N5O.